The highest BCUT2D eigenvalue weighted by molar-refractivity contribution is 6.13. The molecule has 0 aliphatic heterocycles. The second kappa shape index (κ2) is 13.0. The Morgan fingerprint density at radius 1 is 0.339 bits per heavy atom. The molecule has 0 bridgehead atoms. The summed E-state index contributed by atoms with van der Waals surface area (Å²) < 4.78 is 8.87. The van der Waals surface area contributed by atoms with Gasteiger partial charge in [0.1, 0.15) is 11.2 Å². The fraction of sp³-hybridized carbons (Fsp3) is 0. The van der Waals surface area contributed by atoms with Crippen molar-refractivity contribution in [3.8, 4) is 62.1 Å². The third-order valence-electron chi connectivity index (χ3n) is 10.7. The van der Waals surface area contributed by atoms with Crippen LogP contribution in [0.15, 0.2) is 199 Å². The predicted molar refractivity (Wildman–Crippen MR) is 229 cm³/mol. The van der Waals surface area contributed by atoms with Crippen LogP contribution in [0.1, 0.15) is 0 Å². The standard InChI is InChI=1S/C51H32N4O/c1-4-15-33(16-5-1)38-29-27-37(51-53-49(34-17-6-2-7-18-34)52-50(54-51)35-19-8-3-9-20-35)32-46(38)55-44-25-12-10-21-40(44)43-31-36(28-30-45(43)55)39-23-14-24-42-41-22-11-13-26-47(41)56-48(39)42/h1-32H. The first-order chi connectivity index (χ1) is 27.8. The van der Waals surface area contributed by atoms with E-state index in [1.54, 1.807) is 0 Å². The van der Waals surface area contributed by atoms with E-state index >= 15 is 0 Å². The number of aromatic nitrogens is 4. The topological polar surface area (TPSA) is 56.7 Å². The molecule has 3 aromatic heterocycles. The molecule has 8 aromatic carbocycles. The molecular formula is C51H32N4O. The van der Waals surface area contributed by atoms with E-state index in [2.05, 4.69) is 126 Å². The van der Waals surface area contributed by atoms with Gasteiger partial charge < -0.3 is 8.98 Å². The summed E-state index contributed by atoms with van der Waals surface area (Å²) in [5.41, 5.74) is 12.2. The normalized spacial score (nSPS) is 11.6. The van der Waals surface area contributed by atoms with Gasteiger partial charge in [0.25, 0.3) is 0 Å². The molecule has 0 radical (unpaired) electrons. The quantitative estimate of drug-likeness (QED) is 0.172. The number of hydrogen-bond donors (Lipinski definition) is 0. The minimum absolute atomic E-state index is 0.612. The molecule has 0 aliphatic carbocycles. The van der Waals surface area contributed by atoms with E-state index in [0.29, 0.717) is 17.5 Å². The third-order valence-corrected chi connectivity index (χ3v) is 10.7. The van der Waals surface area contributed by atoms with Crippen LogP contribution in [0.2, 0.25) is 0 Å². The second-order valence-electron chi connectivity index (χ2n) is 14.0. The number of hydrogen-bond acceptors (Lipinski definition) is 4. The first-order valence-electron chi connectivity index (χ1n) is 18.8. The molecule has 0 atom stereocenters. The Morgan fingerprint density at radius 3 is 1.61 bits per heavy atom. The van der Waals surface area contributed by atoms with Gasteiger partial charge in [0, 0.05) is 49.4 Å². The van der Waals surface area contributed by atoms with Crippen molar-refractivity contribution in [3.63, 3.8) is 0 Å². The first-order valence-corrected chi connectivity index (χ1v) is 18.8. The molecule has 56 heavy (non-hydrogen) atoms. The zero-order chi connectivity index (χ0) is 37.0. The summed E-state index contributed by atoms with van der Waals surface area (Å²) in [5, 5.41) is 4.58. The van der Waals surface area contributed by atoms with Crippen molar-refractivity contribution in [1.82, 2.24) is 19.5 Å². The number of para-hydroxylation sites is 3. The Labute approximate surface area is 322 Å². The van der Waals surface area contributed by atoms with Crippen LogP contribution in [-0.4, -0.2) is 19.5 Å². The Morgan fingerprint density at radius 2 is 0.893 bits per heavy atom. The molecule has 5 nitrogen and oxygen atoms in total. The van der Waals surface area contributed by atoms with Crippen LogP contribution in [0.3, 0.4) is 0 Å². The minimum atomic E-state index is 0.612. The maximum Gasteiger partial charge on any atom is 0.164 e. The molecule has 0 unspecified atom stereocenters. The lowest BCUT2D eigenvalue weighted by Crippen LogP contribution is -2.02. The zero-order valence-corrected chi connectivity index (χ0v) is 30.2. The summed E-state index contributed by atoms with van der Waals surface area (Å²) in [6.07, 6.45) is 0. The van der Waals surface area contributed by atoms with Gasteiger partial charge in [-0.15, -0.1) is 0 Å². The van der Waals surface area contributed by atoms with E-state index in [-0.39, 0.29) is 0 Å². The van der Waals surface area contributed by atoms with Gasteiger partial charge in [0.05, 0.1) is 16.7 Å². The Kier molecular flexibility index (Phi) is 7.42. The molecule has 0 saturated carbocycles. The van der Waals surface area contributed by atoms with E-state index in [1.165, 1.54) is 5.39 Å². The molecule has 0 N–H and O–H groups in total. The van der Waals surface area contributed by atoms with Crippen LogP contribution in [0.5, 0.6) is 0 Å². The number of fused-ring (bicyclic) bond motifs is 6. The first kappa shape index (κ1) is 31.9. The van der Waals surface area contributed by atoms with Gasteiger partial charge in [-0.2, -0.15) is 0 Å². The van der Waals surface area contributed by atoms with Crippen molar-refractivity contribution in [2.45, 2.75) is 0 Å². The number of rotatable bonds is 6. The molecule has 11 rings (SSSR count). The Balaban J connectivity index is 1.15. The van der Waals surface area contributed by atoms with Gasteiger partial charge in [0.15, 0.2) is 17.5 Å². The third kappa shape index (κ3) is 5.29. The maximum atomic E-state index is 6.48. The molecule has 0 saturated heterocycles. The summed E-state index contributed by atoms with van der Waals surface area (Å²) in [6, 6.07) is 67.5. The summed E-state index contributed by atoms with van der Waals surface area (Å²) in [4.78, 5) is 15.1. The van der Waals surface area contributed by atoms with Crippen molar-refractivity contribution in [3.05, 3.63) is 194 Å². The predicted octanol–water partition coefficient (Wildman–Crippen LogP) is 13.2. The Bertz CT molecular complexity index is 3180. The molecule has 0 aliphatic rings. The molecule has 11 aromatic rings. The van der Waals surface area contributed by atoms with Gasteiger partial charge >= 0.3 is 0 Å². The van der Waals surface area contributed by atoms with Gasteiger partial charge in [-0.25, -0.2) is 15.0 Å². The molecule has 0 amide bonds. The number of nitrogens with zero attached hydrogens (tertiary/aromatic N) is 4. The van der Waals surface area contributed by atoms with Crippen LogP contribution in [0, 0.1) is 0 Å². The SMILES string of the molecule is c1ccc(-c2nc(-c3ccccc3)nc(-c3ccc(-c4ccccc4)c(-n4c5ccccc5c5cc(-c6cccc7c6oc6ccccc67)ccc54)c3)n2)cc1. The van der Waals surface area contributed by atoms with Gasteiger partial charge in [-0.05, 0) is 41.5 Å². The van der Waals surface area contributed by atoms with Crippen LogP contribution in [0.25, 0.3) is 106 Å². The van der Waals surface area contributed by atoms with Crippen molar-refractivity contribution in [2.24, 2.45) is 0 Å². The number of furan rings is 1. The van der Waals surface area contributed by atoms with Gasteiger partial charge in [-0.1, -0.05) is 164 Å². The zero-order valence-electron chi connectivity index (χ0n) is 30.2. The van der Waals surface area contributed by atoms with E-state index in [4.69, 9.17) is 19.4 Å². The van der Waals surface area contributed by atoms with Crippen molar-refractivity contribution in [1.29, 1.82) is 0 Å². The highest BCUT2D eigenvalue weighted by Gasteiger charge is 2.20. The van der Waals surface area contributed by atoms with E-state index in [9.17, 15) is 0 Å². The molecule has 5 heteroatoms. The lowest BCUT2D eigenvalue weighted by atomic mass is 9.99. The van der Waals surface area contributed by atoms with E-state index < -0.39 is 0 Å². The monoisotopic (exact) mass is 716 g/mol. The van der Waals surface area contributed by atoms with Crippen molar-refractivity contribution < 1.29 is 4.42 Å². The molecule has 3 heterocycles. The van der Waals surface area contributed by atoms with Crippen LogP contribution in [-0.2, 0) is 0 Å². The van der Waals surface area contributed by atoms with Crippen LogP contribution < -0.4 is 0 Å². The highest BCUT2D eigenvalue weighted by Crippen LogP contribution is 2.41. The summed E-state index contributed by atoms with van der Waals surface area (Å²) >= 11 is 0. The fourth-order valence-electron chi connectivity index (χ4n) is 8.03. The summed E-state index contributed by atoms with van der Waals surface area (Å²) in [7, 11) is 0. The van der Waals surface area contributed by atoms with E-state index in [0.717, 1.165) is 83.0 Å². The smallest absolute Gasteiger partial charge is 0.164 e. The lowest BCUT2D eigenvalue weighted by molar-refractivity contribution is 0.670. The molecule has 0 fully saturated rings. The lowest BCUT2D eigenvalue weighted by Gasteiger charge is -2.16. The molecule has 0 spiro atoms. The van der Waals surface area contributed by atoms with Gasteiger partial charge in [0.2, 0.25) is 0 Å². The fourth-order valence-corrected chi connectivity index (χ4v) is 8.03. The largest absolute Gasteiger partial charge is 0.455 e. The second-order valence-corrected chi connectivity index (χ2v) is 14.0. The minimum Gasteiger partial charge on any atom is -0.455 e. The molecular weight excluding hydrogens is 685 g/mol. The highest BCUT2D eigenvalue weighted by atomic mass is 16.3. The maximum absolute atomic E-state index is 6.48. The molecule has 262 valence electrons. The summed E-state index contributed by atoms with van der Waals surface area (Å²) in [6.45, 7) is 0. The average molecular weight is 717 g/mol. The van der Waals surface area contributed by atoms with Gasteiger partial charge in [-0.3, -0.25) is 0 Å². The summed E-state index contributed by atoms with van der Waals surface area (Å²) in [5.74, 6) is 1.87. The Hall–Kier alpha value is -7.63. The van der Waals surface area contributed by atoms with Crippen molar-refractivity contribution in [2.75, 3.05) is 0 Å². The van der Waals surface area contributed by atoms with E-state index in [1.807, 2.05) is 72.8 Å². The number of benzene rings is 8. The van der Waals surface area contributed by atoms with Crippen molar-refractivity contribution >= 4 is 43.7 Å². The van der Waals surface area contributed by atoms with Crippen LogP contribution in [0.4, 0.5) is 0 Å². The van der Waals surface area contributed by atoms with Crippen LogP contribution >= 0.6 is 0 Å². The average Bonchev–Trinajstić information content (AvgIpc) is 3.83.